The lowest BCUT2D eigenvalue weighted by atomic mass is 9.92. The molecule has 1 saturated heterocycles. The van der Waals surface area contributed by atoms with Crippen LogP contribution in [-0.2, 0) is 27.8 Å². The number of nitrogens with one attached hydrogen (secondary N) is 1. The van der Waals surface area contributed by atoms with Gasteiger partial charge in [0.2, 0.25) is 0 Å². The van der Waals surface area contributed by atoms with Crippen LogP contribution in [0.2, 0.25) is 0 Å². The number of benzene rings is 1. The molecule has 13 heteroatoms. The summed E-state index contributed by atoms with van der Waals surface area (Å²) < 4.78 is 71.1. The highest BCUT2D eigenvalue weighted by molar-refractivity contribution is 7.89. The molecular weight excluding hydrogens is 441 g/mol. The molecule has 0 bridgehead atoms. The highest BCUT2D eigenvalue weighted by Gasteiger charge is 2.39. The van der Waals surface area contributed by atoms with Gasteiger partial charge in [0, 0.05) is 42.5 Å². The van der Waals surface area contributed by atoms with E-state index in [-0.39, 0.29) is 24.6 Å². The van der Waals surface area contributed by atoms with Crippen LogP contribution in [0.15, 0.2) is 18.3 Å². The van der Waals surface area contributed by atoms with Crippen LogP contribution < -0.4 is 5.32 Å². The molecule has 4 rings (SSSR count). The normalized spacial score (nSPS) is 24.2. The van der Waals surface area contributed by atoms with Gasteiger partial charge in [-0.1, -0.05) is 0 Å². The van der Waals surface area contributed by atoms with Crippen molar-refractivity contribution in [2.24, 2.45) is 0 Å². The van der Waals surface area contributed by atoms with Gasteiger partial charge < -0.3 is 15.2 Å². The highest BCUT2D eigenvalue weighted by atomic mass is 32.2. The molecule has 3 atom stereocenters. The zero-order valence-electron chi connectivity index (χ0n) is 16.3. The summed E-state index contributed by atoms with van der Waals surface area (Å²) >= 11 is 0. The molecular formula is C18H19F3N4O5S. The summed E-state index contributed by atoms with van der Waals surface area (Å²) in [5.74, 6) is -3.64. The Morgan fingerprint density at radius 3 is 2.58 bits per heavy atom. The number of ether oxygens (including phenoxy) is 1. The summed E-state index contributed by atoms with van der Waals surface area (Å²) in [6.45, 7) is 0.788. The molecule has 0 saturated carbocycles. The predicted octanol–water partition coefficient (Wildman–Crippen LogP) is 1.59. The zero-order valence-corrected chi connectivity index (χ0v) is 17.1. The molecule has 1 amide bonds. The van der Waals surface area contributed by atoms with Gasteiger partial charge in [0.25, 0.3) is 10.0 Å². The van der Waals surface area contributed by atoms with Gasteiger partial charge in [-0.3, -0.25) is 4.90 Å². The summed E-state index contributed by atoms with van der Waals surface area (Å²) in [5.41, 5.74) is 1.04. The number of halogens is 3. The molecule has 0 unspecified atom stereocenters. The molecule has 1 aromatic carbocycles. The fourth-order valence-corrected chi connectivity index (χ4v) is 4.57. The predicted molar refractivity (Wildman–Crippen MR) is 100 cm³/mol. The average Bonchev–Trinajstić information content (AvgIpc) is 3.23. The van der Waals surface area contributed by atoms with E-state index in [2.05, 4.69) is 10.4 Å². The number of hydrogen-bond donors (Lipinski definition) is 2. The van der Waals surface area contributed by atoms with Gasteiger partial charge >= 0.3 is 6.09 Å². The van der Waals surface area contributed by atoms with E-state index in [1.807, 2.05) is 4.90 Å². The molecule has 1 fully saturated rings. The lowest BCUT2D eigenvalue weighted by molar-refractivity contribution is -0.0602. The van der Waals surface area contributed by atoms with Crippen LogP contribution in [0.4, 0.5) is 18.0 Å². The molecule has 0 spiro atoms. The Bertz CT molecular complexity index is 1120. The third kappa shape index (κ3) is 4.25. The van der Waals surface area contributed by atoms with Crippen molar-refractivity contribution in [3.8, 4) is 0 Å². The minimum absolute atomic E-state index is 0.0806. The third-order valence-corrected chi connectivity index (χ3v) is 6.32. The summed E-state index contributed by atoms with van der Waals surface area (Å²) in [7, 11) is -3.50. The van der Waals surface area contributed by atoms with Crippen molar-refractivity contribution in [1.82, 2.24) is 19.4 Å². The van der Waals surface area contributed by atoms with Gasteiger partial charge in [0.05, 0.1) is 24.6 Å². The molecule has 2 aromatic rings. The van der Waals surface area contributed by atoms with E-state index < -0.39 is 45.7 Å². The average molecular weight is 460 g/mol. The zero-order chi connectivity index (χ0) is 22.5. The second kappa shape index (κ2) is 7.80. The number of amides is 1. The number of nitrogens with zero attached hydrogens (tertiary/aromatic N) is 3. The maximum Gasteiger partial charge on any atom is 0.404 e. The van der Waals surface area contributed by atoms with E-state index in [0.29, 0.717) is 30.9 Å². The van der Waals surface area contributed by atoms with Crippen LogP contribution in [0, 0.1) is 17.5 Å². The first-order valence-electron chi connectivity index (χ1n) is 9.30. The van der Waals surface area contributed by atoms with Crippen molar-refractivity contribution in [2.75, 3.05) is 12.9 Å². The molecule has 3 heterocycles. The molecule has 168 valence electrons. The topological polar surface area (TPSA) is 114 Å². The number of rotatable bonds is 4. The van der Waals surface area contributed by atoms with E-state index in [1.165, 1.54) is 6.20 Å². The first kappa shape index (κ1) is 21.6. The second-order valence-corrected chi connectivity index (χ2v) is 9.47. The van der Waals surface area contributed by atoms with Gasteiger partial charge in [-0.25, -0.2) is 26.4 Å². The standard InChI is InChI=1S/C18H19F3N4O5S/c1-31(28,29)25-6-9-5-24(7-16(9)23-25)10-2-15(22-18(26)27)17(30-8-10)11-3-13(20)14(21)4-12(11)19/h3-4,6,10,15,17,22H,2,5,7-8H2,1H3,(H,26,27)/t10-,15+,17+/m1/s1. The van der Waals surface area contributed by atoms with E-state index in [9.17, 15) is 31.5 Å². The number of carboxylic acid groups (broad SMARTS) is 1. The quantitative estimate of drug-likeness (QED) is 0.666. The SMILES string of the molecule is CS(=O)(=O)n1cc2c(n1)CN([C@H]1CO[C@@H](c3cc(F)c(F)cc3F)[C@@H](NC(=O)O)C1)C2. The van der Waals surface area contributed by atoms with Crippen molar-refractivity contribution < 1.29 is 36.2 Å². The van der Waals surface area contributed by atoms with Crippen LogP contribution in [0.5, 0.6) is 0 Å². The lowest BCUT2D eigenvalue weighted by Crippen LogP contribution is -2.51. The maximum atomic E-state index is 14.3. The Morgan fingerprint density at radius 1 is 1.23 bits per heavy atom. The summed E-state index contributed by atoms with van der Waals surface area (Å²) in [6, 6.07) is -0.134. The van der Waals surface area contributed by atoms with Crippen LogP contribution in [0.3, 0.4) is 0 Å². The number of hydrogen-bond acceptors (Lipinski definition) is 6. The van der Waals surface area contributed by atoms with Gasteiger partial charge in [0.1, 0.15) is 11.9 Å². The number of aromatic nitrogens is 2. The number of carbonyl (C=O) groups is 1. The summed E-state index contributed by atoms with van der Waals surface area (Å²) in [5, 5.41) is 15.5. The molecule has 2 aliphatic rings. The van der Waals surface area contributed by atoms with Crippen LogP contribution in [0.25, 0.3) is 0 Å². The molecule has 2 aliphatic heterocycles. The summed E-state index contributed by atoms with van der Waals surface area (Å²) in [6.07, 6.45) is 0.187. The van der Waals surface area contributed by atoms with Crippen molar-refractivity contribution in [1.29, 1.82) is 0 Å². The highest BCUT2D eigenvalue weighted by Crippen LogP contribution is 2.35. The summed E-state index contributed by atoms with van der Waals surface area (Å²) in [4.78, 5) is 13.2. The van der Waals surface area contributed by atoms with Crippen LogP contribution in [-0.4, -0.2) is 58.6 Å². The molecule has 1 aromatic heterocycles. The van der Waals surface area contributed by atoms with Gasteiger partial charge in [-0.15, -0.1) is 0 Å². The molecule has 9 nitrogen and oxygen atoms in total. The molecule has 2 N–H and O–H groups in total. The Balaban J connectivity index is 1.53. The smallest absolute Gasteiger partial charge is 0.404 e. The number of fused-ring (bicyclic) bond motifs is 1. The second-order valence-electron chi connectivity index (χ2n) is 7.63. The Labute approximate surface area is 175 Å². The van der Waals surface area contributed by atoms with Gasteiger partial charge in [-0.2, -0.15) is 9.19 Å². The molecule has 0 aliphatic carbocycles. The van der Waals surface area contributed by atoms with Crippen molar-refractivity contribution >= 4 is 16.1 Å². The minimum atomic E-state index is -3.50. The van der Waals surface area contributed by atoms with Crippen LogP contribution in [0.1, 0.15) is 29.3 Å². The minimum Gasteiger partial charge on any atom is -0.465 e. The van der Waals surface area contributed by atoms with E-state index in [1.54, 1.807) is 0 Å². The third-order valence-electron chi connectivity index (χ3n) is 5.45. The van der Waals surface area contributed by atoms with E-state index >= 15 is 0 Å². The van der Waals surface area contributed by atoms with E-state index in [4.69, 9.17) is 4.74 Å². The largest absolute Gasteiger partial charge is 0.465 e. The van der Waals surface area contributed by atoms with Gasteiger partial charge in [0.15, 0.2) is 11.6 Å². The first-order valence-corrected chi connectivity index (χ1v) is 11.1. The molecule has 31 heavy (non-hydrogen) atoms. The first-order chi connectivity index (χ1) is 14.5. The van der Waals surface area contributed by atoms with Crippen molar-refractivity contribution in [3.05, 3.63) is 52.6 Å². The van der Waals surface area contributed by atoms with Gasteiger partial charge in [-0.05, 0) is 12.5 Å². The van der Waals surface area contributed by atoms with Crippen LogP contribution >= 0.6 is 0 Å². The maximum absolute atomic E-state index is 14.3. The Morgan fingerprint density at radius 2 is 1.94 bits per heavy atom. The van der Waals surface area contributed by atoms with Crippen molar-refractivity contribution in [3.63, 3.8) is 0 Å². The Kier molecular flexibility index (Phi) is 5.43. The van der Waals surface area contributed by atoms with Crippen molar-refractivity contribution in [2.45, 2.75) is 37.7 Å². The fraction of sp³-hybridized carbons (Fsp3) is 0.444. The monoisotopic (exact) mass is 460 g/mol. The lowest BCUT2D eigenvalue weighted by Gasteiger charge is -2.40. The van der Waals surface area contributed by atoms with E-state index in [0.717, 1.165) is 15.9 Å². The Hall–Kier alpha value is -2.64. The molecule has 0 radical (unpaired) electrons. The fourth-order valence-electron chi connectivity index (χ4n) is 4.01.